The highest BCUT2D eigenvalue weighted by molar-refractivity contribution is 7.96. The van der Waals surface area contributed by atoms with Crippen LogP contribution in [-0.2, 0) is 14.8 Å². The summed E-state index contributed by atoms with van der Waals surface area (Å²) in [7, 11) is -1.29. The first kappa shape index (κ1) is 19.6. The molecule has 0 aliphatic rings. The number of nitrogens with zero attached hydrogens (tertiary/aromatic N) is 1. The maximum absolute atomic E-state index is 12.9. The van der Waals surface area contributed by atoms with E-state index in [9.17, 15) is 13.2 Å². The molecule has 1 rings (SSSR count). The minimum atomic E-state index is -4.09. The molecular formula is C16H21NO6S. The smallest absolute Gasteiger partial charge is 0.324 e. The Morgan fingerprint density at radius 3 is 2.38 bits per heavy atom. The van der Waals surface area contributed by atoms with Crippen molar-refractivity contribution in [1.82, 2.24) is 0 Å². The van der Waals surface area contributed by atoms with Gasteiger partial charge < -0.3 is 14.6 Å². The van der Waals surface area contributed by atoms with E-state index in [0.29, 0.717) is 5.75 Å². The molecule has 0 radical (unpaired) electrons. The van der Waals surface area contributed by atoms with E-state index < -0.39 is 22.5 Å². The Hall–Kier alpha value is -2.48. The van der Waals surface area contributed by atoms with Gasteiger partial charge >= 0.3 is 5.97 Å². The molecule has 0 unspecified atom stereocenters. The topological polar surface area (TPSA) is 93.1 Å². The Kier molecular flexibility index (Phi) is 6.84. The molecule has 0 aliphatic carbocycles. The fourth-order valence-corrected chi connectivity index (χ4v) is 3.58. The van der Waals surface area contributed by atoms with Crippen LogP contribution in [0, 0.1) is 0 Å². The van der Waals surface area contributed by atoms with Crippen molar-refractivity contribution in [3.63, 3.8) is 0 Å². The highest BCUT2D eigenvalue weighted by Crippen LogP contribution is 2.35. The van der Waals surface area contributed by atoms with Crippen molar-refractivity contribution in [3.8, 4) is 11.5 Å². The number of hydrogen-bond donors (Lipinski definition) is 1. The van der Waals surface area contributed by atoms with Gasteiger partial charge in [0.1, 0.15) is 18.0 Å². The minimum Gasteiger partial charge on any atom is -0.497 e. The molecule has 0 saturated heterocycles. The van der Waals surface area contributed by atoms with Crippen LogP contribution in [0.5, 0.6) is 11.5 Å². The van der Waals surface area contributed by atoms with E-state index in [1.165, 1.54) is 38.5 Å². The van der Waals surface area contributed by atoms with Crippen LogP contribution in [0.1, 0.15) is 13.8 Å². The molecule has 1 aromatic rings. The van der Waals surface area contributed by atoms with Crippen molar-refractivity contribution in [2.24, 2.45) is 0 Å². The van der Waals surface area contributed by atoms with Crippen LogP contribution < -0.4 is 13.8 Å². The maximum atomic E-state index is 12.9. The van der Waals surface area contributed by atoms with Gasteiger partial charge in [-0.2, -0.15) is 0 Å². The number of aliphatic carboxylic acids is 1. The summed E-state index contributed by atoms with van der Waals surface area (Å²) in [5, 5.41) is 9.17. The summed E-state index contributed by atoms with van der Waals surface area (Å²) >= 11 is 0. The number of ether oxygens (including phenoxy) is 2. The van der Waals surface area contributed by atoms with E-state index >= 15 is 0 Å². The quantitative estimate of drug-likeness (QED) is 0.720. The third kappa shape index (κ3) is 4.29. The highest BCUT2D eigenvalue weighted by atomic mass is 32.2. The molecule has 0 bridgehead atoms. The van der Waals surface area contributed by atoms with Gasteiger partial charge in [0, 0.05) is 6.07 Å². The molecule has 0 fully saturated rings. The summed E-state index contributed by atoms with van der Waals surface area (Å²) in [6.07, 6.45) is 4.36. The molecule has 0 spiro atoms. The molecule has 0 aromatic heterocycles. The lowest BCUT2D eigenvalue weighted by Crippen LogP contribution is -2.36. The van der Waals surface area contributed by atoms with Gasteiger partial charge in [0.2, 0.25) is 0 Å². The molecule has 1 aromatic carbocycles. The molecule has 0 amide bonds. The van der Waals surface area contributed by atoms with Crippen molar-refractivity contribution in [2.75, 3.05) is 25.1 Å². The molecule has 7 nitrogen and oxygen atoms in total. The predicted octanol–water partition coefficient (Wildman–Crippen LogP) is 2.40. The molecule has 132 valence electrons. The Morgan fingerprint density at radius 2 is 1.92 bits per heavy atom. The number of carboxylic acid groups (broad SMARTS) is 1. The molecule has 0 saturated carbocycles. The van der Waals surface area contributed by atoms with Crippen LogP contribution in [0.15, 0.2) is 41.3 Å². The number of allylic oxidation sites excluding steroid dienone is 3. The summed E-state index contributed by atoms with van der Waals surface area (Å²) in [6.45, 7) is 2.49. The standard InChI is InChI=1S/C16H21NO6S/c1-5-7-13(6-2)24(20,21)17(11-16(18)19)14-10-12(22-3)8-9-15(14)23-4/h5-10H,11H2,1-4H3,(H,18,19)/b7-5-,13-6+. The summed E-state index contributed by atoms with van der Waals surface area (Å²) in [5.74, 6) is -0.694. The fourth-order valence-electron chi connectivity index (χ4n) is 2.04. The second kappa shape index (κ2) is 8.39. The van der Waals surface area contributed by atoms with Gasteiger partial charge in [-0.15, -0.1) is 0 Å². The second-order valence-electron chi connectivity index (χ2n) is 4.63. The van der Waals surface area contributed by atoms with E-state index in [2.05, 4.69) is 0 Å². The van der Waals surface area contributed by atoms with E-state index in [1.807, 2.05) is 0 Å². The number of benzene rings is 1. The Labute approximate surface area is 141 Å². The number of sulfonamides is 1. The van der Waals surface area contributed by atoms with E-state index in [4.69, 9.17) is 14.6 Å². The lowest BCUT2D eigenvalue weighted by molar-refractivity contribution is -0.135. The Balaban J connectivity index is 3.62. The fraction of sp³-hybridized carbons (Fsp3) is 0.312. The van der Waals surface area contributed by atoms with Crippen LogP contribution in [0.25, 0.3) is 0 Å². The van der Waals surface area contributed by atoms with Crippen molar-refractivity contribution in [1.29, 1.82) is 0 Å². The van der Waals surface area contributed by atoms with Crippen molar-refractivity contribution >= 4 is 21.7 Å². The molecule has 0 heterocycles. The average Bonchev–Trinajstić information content (AvgIpc) is 2.56. The molecule has 24 heavy (non-hydrogen) atoms. The van der Waals surface area contributed by atoms with Gasteiger partial charge in [0.25, 0.3) is 10.0 Å². The average molecular weight is 355 g/mol. The zero-order valence-electron chi connectivity index (χ0n) is 14.0. The van der Waals surface area contributed by atoms with E-state index in [0.717, 1.165) is 4.31 Å². The zero-order chi connectivity index (χ0) is 18.3. The molecule has 1 N–H and O–H groups in total. The third-order valence-corrected chi connectivity index (χ3v) is 5.01. The summed E-state index contributed by atoms with van der Waals surface area (Å²) in [4.78, 5) is 11.2. The van der Waals surface area contributed by atoms with Gasteiger partial charge in [0.05, 0.1) is 24.8 Å². The Bertz CT molecular complexity index is 752. The summed E-state index contributed by atoms with van der Waals surface area (Å²) < 4.78 is 36.9. The normalized spacial score (nSPS) is 12.2. The van der Waals surface area contributed by atoms with Gasteiger partial charge in [0.15, 0.2) is 0 Å². The lowest BCUT2D eigenvalue weighted by Gasteiger charge is -2.25. The van der Waals surface area contributed by atoms with Crippen LogP contribution in [0.3, 0.4) is 0 Å². The van der Waals surface area contributed by atoms with Crippen molar-refractivity contribution in [2.45, 2.75) is 13.8 Å². The first-order valence-electron chi connectivity index (χ1n) is 7.07. The third-order valence-electron chi connectivity index (χ3n) is 3.14. The van der Waals surface area contributed by atoms with Crippen molar-refractivity contribution < 1.29 is 27.8 Å². The van der Waals surface area contributed by atoms with E-state index in [-0.39, 0.29) is 16.3 Å². The number of carboxylic acids is 1. The first-order chi connectivity index (χ1) is 11.3. The predicted molar refractivity (Wildman–Crippen MR) is 92.0 cm³/mol. The lowest BCUT2D eigenvalue weighted by atomic mass is 10.2. The largest absolute Gasteiger partial charge is 0.497 e. The molecule has 8 heteroatoms. The Morgan fingerprint density at radius 1 is 1.25 bits per heavy atom. The maximum Gasteiger partial charge on any atom is 0.324 e. The van der Waals surface area contributed by atoms with Gasteiger partial charge in [-0.3, -0.25) is 9.10 Å². The summed E-state index contributed by atoms with van der Waals surface area (Å²) in [6, 6.07) is 4.53. The molecule has 0 aliphatic heterocycles. The SMILES string of the molecule is C/C=C\C(=C/C)S(=O)(=O)N(CC(=O)O)c1cc(OC)ccc1OC. The monoisotopic (exact) mass is 355 g/mol. The second-order valence-corrected chi connectivity index (χ2v) is 6.50. The van der Waals surface area contributed by atoms with Crippen LogP contribution in [0.4, 0.5) is 5.69 Å². The van der Waals surface area contributed by atoms with Crippen molar-refractivity contribution in [3.05, 3.63) is 41.3 Å². The number of hydrogen-bond acceptors (Lipinski definition) is 5. The number of rotatable bonds is 8. The highest BCUT2D eigenvalue weighted by Gasteiger charge is 2.30. The minimum absolute atomic E-state index is 0.0175. The molecular weight excluding hydrogens is 334 g/mol. The zero-order valence-corrected chi connectivity index (χ0v) is 14.8. The van der Waals surface area contributed by atoms with Gasteiger partial charge in [-0.05, 0) is 32.1 Å². The van der Waals surface area contributed by atoms with Crippen LogP contribution in [-0.4, -0.2) is 40.3 Å². The number of carbonyl (C=O) groups is 1. The number of methoxy groups -OCH3 is 2. The van der Waals surface area contributed by atoms with Crippen LogP contribution in [0.2, 0.25) is 0 Å². The van der Waals surface area contributed by atoms with E-state index in [1.54, 1.807) is 26.0 Å². The first-order valence-corrected chi connectivity index (χ1v) is 8.51. The number of anilines is 1. The van der Waals surface area contributed by atoms with Gasteiger partial charge in [-0.25, -0.2) is 8.42 Å². The van der Waals surface area contributed by atoms with Gasteiger partial charge in [-0.1, -0.05) is 12.2 Å². The molecule has 0 atom stereocenters. The summed E-state index contributed by atoms with van der Waals surface area (Å²) in [5.41, 5.74) is 0.0862. The van der Waals surface area contributed by atoms with Crippen LogP contribution >= 0.6 is 0 Å².